The maximum absolute atomic E-state index is 14.1. The number of thiazole rings is 1. The highest BCUT2D eigenvalue weighted by molar-refractivity contribution is 8.07. The lowest BCUT2D eigenvalue weighted by Crippen LogP contribution is -2.70. The number of esters is 1. The van der Waals surface area contributed by atoms with Gasteiger partial charge in [0, 0.05) is 16.0 Å². The summed E-state index contributed by atoms with van der Waals surface area (Å²) in [4.78, 5) is 58.0. The maximum Gasteiger partial charge on any atom is 0.356 e. The van der Waals surface area contributed by atoms with Crippen LogP contribution < -0.4 is 5.32 Å². The Morgan fingerprint density at radius 3 is 2.36 bits per heavy atom. The van der Waals surface area contributed by atoms with Crippen LogP contribution in [0.25, 0.3) is 0 Å². The van der Waals surface area contributed by atoms with Crippen LogP contribution >= 0.6 is 46.2 Å². The number of thiophene rings is 1. The van der Waals surface area contributed by atoms with E-state index in [1.807, 2.05) is 77.5 Å². The largest absolute Gasteiger partial charge is 0.481 e. The zero-order valence-corrected chi connectivity index (χ0v) is 26.2. The molecule has 4 heterocycles. The van der Waals surface area contributed by atoms with Gasteiger partial charge in [-0.05, 0) is 33.5 Å². The highest BCUT2D eigenvalue weighted by atomic mass is 32.2. The summed E-state index contributed by atoms with van der Waals surface area (Å²) in [5, 5.41) is 17.0. The molecule has 0 radical (unpaired) electrons. The van der Waals surface area contributed by atoms with Gasteiger partial charge in [-0.3, -0.25) is 19.3 Å². The van der Waals surface area contributed by atoms with E-state index in [4.69, 9.17) is 9.84 Å². The number of hydrogen-bond acceptors (Lipinski definition) is 10. The molecule has 2 amide bonds. The van der Waals surface area contributed by atoms with Gasteiger partial charge in [0.2, 0.25) is 5.91 Å². The molecule has 0 unspecified atom stereocenters. The molecule has 2 aromatic heterocycles. The van der Waals surface area contributed by atoms with Crippen molar-refractivity contribution in [2.75, 3.05) is 5.75 Å². The monoisotopic (exact) mass is 663 g/mol. The number of β-lactam (4-membered cyclic amide) rings is 1. The van der Waals surface area contributed by atoms with Crippen molar-refractivity contribution in [1.29, 1.82) is 0 Å². The Bertz CT molecular complexity index is 1670. The molecule has 0 bridgehead atoms. The number of aromatic nitrogens is 1. The van der Waals surface area contributed by atoms with Gasteiger partial charge in [-0.2, -0.15) is 11.3 Å². The van der Waals surface area contributed by atoms with Crippen molar-refractivity contribution in [3.05, 3.63) is 116 Å². The first-order valence-electron chi connectivity index (χ1n) is 13.5. The van der Waals surface area contributed by atoms with Gasteiger partial charge >= 0.3 is 11.9 Å². The van der Waals surface area contributed by atoms with Gasteiger partial charge in [-0.15, -0.1) is 23.1 Å². The Hall–Kier alpha value is -3.91. The highest BCUT2D eigenvalue weighted by Gasteiger charge is 2.55. The normalized spacial score (nSPS) is 17.7. The minimum atomic E-state index is -0.988. The topological polar surface area (TPSA) is 126 Å². The molecule has 4 aromatic rings. The molecule has 0 spiro atoms. The lowest BCUT2D eigenvalue weighted by molar-refractivity contribution is -0.154. The van der Waals surface area contributed by atoms with E-state index in [2.05, 4.69) is 10.3 Å². The van der Waals surface area contributed by atoms with Gasteiger partial charge in [-0.1, -0.05) is 72.4 Å². The van der Waals surface area contributed by atoms with E-state index in [1.165, 1.54) is 51.1 Å². The van der Waals surface area contributed by atoms with Crippen molar-refractivity contribution in [1.82, 2.24) is 15.2 Å². The number of nitrogens with one attached hydrogen (secondary N) is 1. The summed E-state index contributed by atoms with van der Waals surface area (Å²) in [6.07, 6.45) is -0.777. The lowest BCUT2D eigenvalue weighted by Gasteiger charge is -2.49. The first kappa shape index (κ1) is 30.1. The summed E-state index contributed by atoms with van der Waals surface area (Å²) in [5.74, 6) is -1.95. The molecule has 13 heteroatoms. The number of fused-ring (bicyclic) bond motifs is 1. The van der Waals surface area contributed by atoms with Gasteiger partial charge in [0.15, 0.2) is 10.4 Å². The van der Waals surface area contributed by atoms with Crippen molar-refractivity contribution in [3.63, 3.8) is 0 Å². The number of rotatable bonds is 11. The third-order valence-electron chi connectivity index (χ3n) is 6.89. The van der Waals surface area contributed by atoms with Crippen molar-refractivity contribution in [2.45, 2.75) is 34.7 Å². The van der Waals surface area contributed by atoms with E-state index in [0.29, 0.717) is 20.7 Å². The molecular weight excluding hydrogens is 639 g/mol. The van der Waals surface area contributed by atoms with Crippen LogP contribution in [0.4, 0.5) is 0 Å². The molecule has 0 aliphatic carbocycles. The number of carbonyl (C=O) groups excluding carboxylic acids is 3. The summed E-state index contributed by atoms with van der Waals surface area (Å²) >= 11 is 5.43. The molecule has 2 N–H and O–H groups in total. The summed E-state index contributed by atoms with van der Waals surface area (Å²) < 4.78 is 6.73. The predicted octanol–water partition coefficient (Wildman–Crippen LogP) is 5.11. The van der Waals surface area contributed by atoms with Crippen LogP contribution in [-0.4, -0.2) is 55.9 Å². The minimum absolute atomic E-state index is 0.110. The van der Waals surface area contributed by atoms with Crippen LogP contribution in [0.3, 0.4) is 0 Å². The summed E-state index contributed by atoms with van der Waals surface area (Å²) in [7, 11) is 0. The van der Waals surface area contributed by atoms with Crippen molar-refractivity contribution in [2.24, 2.45) is 0 Å². The smallest absolute Gasteiger partial charge is 0.356 e. The van der Waals surface area contributed by atoms with E-state index in [0.717, 1.165) is 16.7 Å². The van der Waals surface area contributed by atoms with Crippen LogP contribution in [0.5, 0.6) is 0 Å². The Morgan fingerprint density at radius 2 is 1.73 bits per heavy atom. The Morgan fingerprint density at radius 1 is 1.02 bits per heavy atom. The summed E-state index contributed by atoms with van der Waals surface area (Å²) in [6.45, 7) is 0. The molecule has 0 saturated carbocycles. The SMILES string of the molecule is O=C(O)Cc1csc(SC2=C(C(=O)OC(c3ccccc3)c3ccccc3)N3C(=O)[C@@H](NC(=O)Cc4ccsc4)[C@@H]3SC2)n1. The number of carboxylic acid groups (broad SMARTS) is 1. The first-order chi connectivity index (χ1) is 21.4. The molecule has 44 heavy (non-hydrogen) atoms. The number of benzene rings is 2. The Labute approximate surface area is 269 Å². The van der Waals surface area contributed by atoms with E-state index >= 15 is 0 Å². The molecule has 2 aliphatic heterocycles. The Balaban J connectivity index is 1.29. The molecule has 2 aliphatic rings. The van der Waals surface area contributed by atoms with Gasteiger partial charge in [-0.25, -0.2) is 9.78 Å². The van der Waals surface area contributed by atoms with E-state index in [1.54, 1.807) is 5.38 Å². The Kier molecular flexibility index (Phi) is 9.17. The van der Waals surface area contributed by atoms with Gasteiger partial charge in [0.05, 0.1) is 18.5 Å². The second-order valence-electron chi connectivity index (χ2n) is 9.92. The predicted molar refractivity (Wildman–Crippen MR) is 170 cm³/mol. The average Bonchev–Trinajstić information content (AvgIpc) is 3.71. The second kappa shape index (κ2) is 13.4. The number of ether oxygens (including phenoxy) is 1. The number of carboxylic acids is 1. The van der Waals surface area contributed by atoms with Crippen LogP contribution in [0.1, 0.15) is 28.5 Å². The lowest BCUT2D eigenvalue weighted by atomic mass is 10.0. The fraction of sp³-hybridized carbons (Fsp3) is 0.194. The molecule has 1 fully saturated rings. The minimum Gasteiger partial charge on any atom is -0.481 e. The molecule has 224 valence electrons. The van der Waals surface area contributed by atoms with Crippen molar-refractivity contribution in [3.8, 4) is 0 Å². The fourth-order valence-electron chi connectivity index (χ4n) is 4.89. The third kappa shape index (κ3) is 6.60. The highest BCUT2D eigenvalue weighted by Crippen LogP contribution is 2.46. The van der Waals surface area contributed by atoms with Crippen molar-refractivity contribution < 1.29 is 29.0 Å². The third-order valence-corrected chi connectivity index (χ3v) is 11.2. The van der Waals surface area contributed by atoms with Crippen molar-refractivity contribution >= 4 is 70.0 Å². The van der Waals surface area contributed by atoms with Crippen LogP contribution in [0.2, 0.25) is 0 Å². The summed E-state index contributed by atoms with van der Waals surface area (Å²) in [6, 6.07) is 19.8. The zero-order valence-electron chi connectivity index (χ0n) is 23.0. The fourth-order valence-corrected chi connectivity index (χ4v) is 9.02. The van der Waals surface area contributed by atoms with Gasteiger partial charge in [0.1, 0.15) is 17.1 Å². The molecular formula is C31H25N3O6S4. The quantitative estimate of drug-likeness (QED) is 0.166. The number of nitrogens with zero attached hydrogens (tertiary/aromatic N) is 2. The molecule has 2 aromatic carbocycles. The van der Waals surface area contributed by atoms with E-state index < -0.39 is 35.4 Å². The summed E-state index contributed by atoms with van der Waals surface area (Å²) in [5.41, 5.74) is 2.94. The first-order valence-corrected chi connectivity index (χ1v) is 17.2. The van der Waals surface area contributed by atoms with Gasteiger partial charge in [0.25, 0.3) is 5.91 Å². The standard InChI is InChI=1S/C31H25N3O6S4/c35-23(13-18-11-12-41-15-18)33-25-28(38)34-26(22(17-42-29(25)34)44-31-32-21(16-43-31)14-24(36)37)30(39)40-27(19-7-3-1-4-8-19)20-9-5-2-6-10-20/h1-12,15-16,25,27,29H,13-14,17H2,(H,33,35)(H,36,37)/t25-,29+/m1/s1. The van der Waals surface area contributed by atoms with Gasteiger partial charge < -0.3 is 15.2 Å². The average molecular weight is 664 g/mol. The molecule has 1 saturated heterocycles. The zero-order chi connectivity index (χ0) is 30.6. The molecule has 6 rings (SSSR count). The van der Waals surface area contributed by atoms with E-state index in [-0.39, 0.29) is 24.4 Å². The maximum atomic E-state index is 14.1. The number of thioether (sulfide) groups is 2. The second-order valence-corrected chi connectivity index (χ2v) is 14.0. The number of aliphatic carboxylic acids is 1. The van der Waals surface area contributed by atoms with Crippen LogP contribution in [0, 0.1) is 0 Å². The number of hydrogen-bond donors (Lipinski definition) is 2. The van der Waals surface area contributed by atoms with Crippen LogP contribution in [-0.2, 0) is 36.8 Å². The molecule has 2 atom stereocenters. The number of amides is 2. The van der Waals surface area contributed by atoms with Crippen LogP contribution in [0.15, 0.2) is 97.8 Å². The molecule has 9 nitrogen and oxygen atoms in total. The van der Waals surface area contributed by atoms with E-state index in [9.17, 15) is 19.2 Å². The number of carbonyl (C=O) groups is 4.